The molecule has 18 heavy (non-hydrogen) atoms. The summed E-state index contributed by atoms with van der Waals surface area (Å²) in [7, 11) is 1.69. The summed E-state index contributed by atoms with van der Waals surface area (Å²) in [5.74, 6) is 1.26. The largest absolute Gasteiger partial charge is 0.497 e. The van der Waals surface area contributed by atoms with E-state index in [0.29, 0.717) is 12.5 Å². The zero-order chi connectivity index (χ0) is 13.0. The van der Waals surface area contributed by atoms with Crippen molar-refractivity contribution >= 4 is 11.3 Å². The summed E-state index contributed by atoms with van der Waals surface area (Å²) in [4.78, 5) is 1.42. The molecule has 3 heteroatoms. The number of methoxy groups -OCH3 is 1. The highest BCUT2D eigenvalue weighted by atomic mass is 32.1. The third kappa shape index (κ3) is 2.92. The summed E-state index contributed by atoms with van der Waals surface area (Å²) in [5, 5.41) is 2.14. The highest BCUT2D eigenvalue weighted by molar-refractivity contribution is 7.10. The molecule has 0 saturated heterocycles. The van der Waals surface area contributed by atoms with Crippen molar-refractivity contribution in [3.63, 3.8) is 0 Å². The Morgan fingerprint density at radius 2 is 2.17 bits per heavy atom. The van der Waals surface area contributed by atoms with Crippen LogP contribution >= 0.6 is 11.3 Å². The monoisotopic (exact) mass is 261 g/mol. The molecule has 1 unspecified atom stereocenters. The number of hydrogen-bond donors (Lipinski definition) is 1. The third-order valence-corrected chi connectivity index (χ3v) is 4.30. The van der Waals surface area contributed by atoms with Crippen molar-refractivity contribution in [2.75, 3.05) is 13.7 Å². The lowest BCUT2D eigenvalue weighted by Crippen LogP contribution is -2.15. The Kier molecular flexibility index (Phi) is 4.39. The number of aryl methyl sites for hydroxylation is 1. The van der Waals surface area contributed by atoms with Crippen LogP contribution in [0.1, 0.15) is 21.9 Å². The van der Waals surface area contributed by atoms with Crippen LogP contribution in [0.5, 0.6) is 5.75 Å². The zero-order valence-electron chi connectivity index (χ0n) is 10.8. The molecule has 0 aliphatic heterocycles. The minimum atomic E-state index is 0.359. The van der Waals surface area contributed by atoms with E-state index in [1.54, 1.807) is 7.11 Å². The Hall–Kier alpha value is -1.32. The Labute approximate surface area is 112 Å². The van der Waals surface area contributed by atoms with E-state index in [4.69, 9.17) is 10.5 Å². The normalized spacial score (nSPS) is 12.4. The summed E-state index contributed by atoms with van der Waals surface area (Å²) in [6.45, 7) is 2.81. The third-order valence-electron chi connectivity index (χ3n) is 3.25. The van der Waals surface area contributed by atoms with E-state index in [1.807, 2.05) is 23.5 Å². The van der Waals surface area contributed by atoms with Gasteiger partial charge in [0.2, 0.25) is 0 Å². The van der Waals surface area contributed by atoms with Crippen LogP contribution in [0.3, 0.4) is 0 Å². The maximum Gasteiger partial charge on any atom is 0.119 e. The van der Waals surface area contributed by atoms with Crippen molar-refractivity contribution in [2.24, 2.45) is 5.73 Å². The quantitative estimate of drug-likeness (QED) is 0.896. The molecule has 2 N–H and O–H groups in total. The molecule has 2 nitrogen and oxygen atoms in total. The minimum Gasteiger partial charge on any atom is -0.497 e. The molecule has 0 saturated carbocycles. The molecule has 1 heterocycles. The van der Waals surface area contributed by atoms with Gasteiger partial charge in [0.15, 0.2) is 0 Å². The van der Waals surface area contributed by atoms with Crippen molar-refractivity contribution < 1.29 is 4.74 Å². The molecule has 0 amide bonds. The first-order valence-corrected chi connectivity index (χ1v) is 6.99. The molecule has 2 aromatic rings. The second kappa shape index (κ2) is 6.03. The molecule has 0 aliphatic rings. The number of rotatable bonds is 5. The Morgan fingerprint density at radius 1 is 1.33 bits per heavy atom. The van der Waals surface area contributed by atoms with Crippen LogP contribution < -0.4 is 10.5 Å². The number of nitrogens with two attached hydrogens (primary N) is 1. The Morgan fingerprint density at radius 3 is 2.78 bits per heavy atom. The molecular formula is C15H19NOS. The van der Waals surface area contributed by atoms with Crippen molar-refractivity contribution in [3.05, 3.63) is 51.7 Å². The SMILES string of the molecule is COc1cccc(C(CN)Cc2sccc2C)c1. The van der Waals surface area contributed by atoms with E-state index in [-0.39, 0.29) is 0 Å². The first-order valence-electron chi connectivity index (χ1n) is 6.11. The van der Waals surface area contributed by atoms with E-state index < -0.39 is 0 Å². The van der Waals surface area contributed by atoms with Gasteiger partial charge >= 0.3 is 0 Å². The van der Waals surface area contributed by atoms with Crippen LogP contribution in [-0.4, -0.2) is 13.7 Å². The van der Waals surface area contributed by atoms with Gasteiger partial charge in [-0.2, -0.15) is 0 Å². The summed E-state index contributed by atoms with van der Waals surface area (Å²) in [6.07, 6.45) is 1.01. The summed E-state index contributed by atoms with van der Waals surface area (Å²) < 4.78 is 5.27. The van der Waals surface area contributed by atoms with E-state index in [2.05, 4.69) is 30.5 Å². The Bertz CT molecular complexity index is 507. The van der Waals surface area contributed by atoms with Gasteiger partial charge in [0.25, 0.3) is 0 Å². The fourth-order valence-electron chi connectivity index (χ4n) is 2.07. The van der Waals surface area contributed by atoms with Crippen LogP contribution in [0.4, 0.5) is 0 Å². The van der Waals surface area contributed by atoms with Gasteiger partial charge in [-0.25, -0.2) is 0 Å². The lowest BCUT2D eigenvalue weighted by molar-refractivity contribution is 0.414. The predicted octanol–water partition coefficient (Wildman–Crippen LogP) is 3.35. The molecule has 1 atom stereocenters. The van der Waals surface area contributed by atoms with Gasteiger partial charge in [0.05, 0.1) is 7.11 Å². The second-order valence-electron chi connectivity index (χ2n) is 4.44. The van der Waals surface area contributed by atoms with Crippen LogP contribution in [0, 0.1) is 6.92 Å². The first-order chi connectivity index (χ1) is 8.74. The van der Waals surface area contributed by atoms with E-state index in [0.717, 1.165) is 12.2 Å². The molecular weight excluding hydrogens is 242 g/mol. The van der Waals surface area contributed by atoms with Crippen LogP contribution in [0.15, 0.2) is 35.7 Å². The van der Waals surface area contributed by atoms with Gasteiger partial charge in [0, 0.05) is 10.8 Å². The van der Waals surface area contributed by atoms with Gasteiger partial charge < -0.3 is 10.5 Å². The maximum atomic E-state index is 5.93. The first kappa shape index (κ1) is 13.1. The molecule has 0 radical (unpaired) electrons. The van der Waals surface area contributed by atoms with Crippen LogP contribution in [-0.2, 0) is 6.42 Å². The molecule has 0 aliphatic carbocycles. The average Bonchev–Trinajstić information content (AvgIpc) is 2.81. The molecule has 2 rings (SSSR count). The van der Waals surface area contributed by atoms with Crippen molar-refractivity contribution in [1.29, 1.82) is 0 Å². The molecule has 96 valence electrons. The van der Waals surface area contributed by atoms with Gasteiger partial charge in [-0.1, -0.05) is 12.1 Å². The van der Waals surface area contributed by atoms with Crippen LogP contribution in [0.2, 0.25) is 0 Å². The van der Waals surface area contributed by atoms with E-state index in [1.165, 1.54) is 16.0 Å². The molecule has 0 fully saturated rings. The fraction of sp³-hybridized carbons (Fsp3) is 0.333. The molecule has 0 spiro atoms. The number of thiophene rings is 1. The number of benzene rings is 1. The van der Waals surface area contributed by atoms with Gasteiger partial charge in [-0.15, -0.1) is 11.3 Å². The average molecular weight is 261 g/mol. The highest BCUT2D eigenvalue weighted by Gasteiger charge is 2.13. The Balaban J connectivity index is 2.20. The summed E-state index contributed by atoms with van der Waals surface area (Å²) in [6, 6.07) is 10.4. The lowest BCUT2D eigenvalue weighted by atomic mass is 9.94. The van der Waals surface area contributed by atoms with Gasteiger partial charge in [-0.3, -0.25) is 0 Å². The predicted molar refractivity (Wildman–Crippen MR) is 77.5 cm³/mol. The molecule has 1 aromatic heterocycles. The smallest absolute Gasteiger partial charge is 0.119 e. The standard InChI is InChI=1S/C15H19NOS/c1-11-6-7-18-15(11)9-13(10-16)12-4-3-5-14(8-12)17-2/h3-8,13H,9-10,16H2,1-2H3. The zero-order valence-corrected chi connectivity index (χ0v) is 11.7. The molecule has 1 aromatic carbocycles. The number of ether oxygens (including phenoxy) is 1. The van der Waals surface area contributed by atoms with Crippen molar-refractivity contribution in [1.82, 2.24) is 0 Å². The topological polar surface area (TPSA) is 35.2 Å². The summed E-state index contributed by atoms with van der Waals surface area (Å²) >= 11 is 1.81. The van der Waals surface area contributed by atoms with Crippen LogP contribution in [0.25, 0.3) is 0 Å². The highest BCUT2D eigenvalue weighted by Crippen LogP contribution is 2.27. The van der Waals surface area contributed by atoms with Gasteiger partial charge in [0.1, 0.15) is 5.75 Å². The molecule has 0 bridgehead atoms. The minimum absolute atomic E-state index is 0.359. The van der Waals surface area contributed by atoms with E-state index >= 15 is 0 Å². The van der Waals surface area contributed by atoms with E-state index in [9.17, 15) is 0 Å². The van der Waals surface area contributed by atoms with Gasteiger partial charge in [-0.05, 0) is 54.6 Å². The number of hydrogen-bond acceptors (Lipinski definition) is 3. The maximum absolute atomic E-state index is 5.93. The lowest BCUT2D eigenvalue weighted by Gasteiger charge is -2.15. The van der Waals surface area contributed by atoms with Crippen molar-refractivity contribution in [3.8, 4) is 5.75 Å². The summed E-state index contributed by atoms with van der Waals surface area (Å²) in [5.41, 5.74) is 8.54. The second-order valence-corrected chi connectivity index (χ2v) is 5.44. The van der Waals surface area contributed by atoms with Crippen molar-refractivity contribution in [2.45, 2.75) is 19.3 Å². The fourth-order valence-corrected chi connectivity index (χ4v) is 3.06.